The zero-order valence-electron chi connectivity index (χ0n) is 21.4. The van der Waals surface area contributed by atoms with Crippen LogP contribution in [0.25, 0.3) is 10.8 Å². The van der Waals surface area contributed by atoms with E-state index in [9.17, 15) is 0 Å². The molecule has 0 spiro atoms. The molecule has 35 heavy (non-hydrogen) atoms. The van der Waals surface area contributed by atoms with Gasteiger partial charge in [-0.25, -0.2) is 4.98 Å². The van der Waals surface area contributed by atoms with Gasteiger partial charge in [-0.3, -0.25) is 0 Å². The smallest absolute Gasteiger partial charge is 0.225 e. The molecule has 3 aromatic rings. The Bertz CT molecular complexity index is 1150. The van der Waals surface area contributed by atoms with E-state index in [2.05, 4.69) is 66.0 Å². The predicted octanol–water partition coefficient (Wildman–Crippen LogP) is 5.34. The van der Waals surface area contributed by atoms with Crippen molar-refractivity contribution in [2.24, 2.45) is 5.92 Å². The van der Waals surface area contributed by atoms with Crippen LogP contribution in [0.2, 0.25) is 0 Å². The fourth-order valence-electron chi connectivity index (χ4n) is 5.79. The Labute approximate surface area is 209 Å². The lowest BCUT2D eigenvalue weighted by Gasteiger charge is -2.30. The molecule has 0 atom stereocenters. The van der Waals surface area contributed by atoms with E-state index in [1.807, 2.05) is 0 Å². The summed E-state index contributed by atoms with van der Waals surface area (Å²) in [6.07, 6.45) is 9.45. The normalized spacial score (nSPS) is 19.9. The Hall–Kier alpha value is -2.86. The molecule has 0 radical (unpaired) electrons. The van der Waals surface area contributed by atoms with Gasteiger partial charge in [-0.2, -0.15) is 4.98 Å². The summed E-state index contributed by atoms with van der Waals surface area (Å²) in [5.74, 6) is 3.58. The standard InChI is InChI=1S/C29H39N5O/c1-34(2)28-24-10-6-7-11-26(24)32-29(33-28)31-22-15-12-20(13-16-22)18-30-19-25-23-9-5-4-8-21(23)14-17-27(25)35-3/h4-5,8-9,14,17,20,22,30H,6-7,10-13,15-16,18-19H2,1-3H3,(H,31,32,33). The molecule has 2 N–H and O–H groups in total. The molecule has 6 nitrogen and oxygen atoms in total. The van der Waals surface area contributed by atoms with Crippen LogP contribution in [-0.2, 0) is 19.4 Å². The minimum absolute atomic E-state index is 0.459. The van der Waals surface area contributed by atoms with E-state index in [1.54, 1.807) is 7.11 Å². The first-order chi connectivity index (χ1) is 17.1. The lowest BCUT2D eigenvalue weighted by Crippen LogP contribution is -2.32. The number of anilines is 2. The molecule has 2 aliphatic carbocycles. The quantitative estimate of drug-likeness (QED) is 0.460. The third kappa shape index (κ3) is 5.37. The second-order valence-electron chi connectivity index (χ2n) is 10.4. The van der Waals surface area contributed by atoms with Gasteiger partial charge < -0.3 is 20.3 Å². The highest BCUT2D eigenvalue weighted by molar-refractivity contribution is 5.87. The summed E-state index contributed by atoms with van der Waals surface area (Å²) in [6.45, 7) is 1.87. The highest BCUT2D eigenvalue weighted by atomic mass is 16.5. The summed E-state index contributed by atoms with van der Waals surface area (Å²) >= 11 is 0. The van der Waals surface area contributed by atoms with Crippen molar-refractivity contribution in [2.45, 2.75) is 64.0 Å². The molecule has 0 bridgehead atoms. The van der Waals surface area contributed by atoms with Crippen molar-refractivity contribution in [3.05, 3.63) is 53.2 Å². The zero-order valence-corrected chi connectivity index (χ0v) is 21.4. The fraction of sp³-hybridized carbons (Fsp3) is 0.517. The molecule has 2 aliphatic rings. The van der Waals surface area contributed by atoms with Gasteiger partial charge in [0, 0.05) is 37.8 Å². The molecule has 2 aromatic carbocycles. The third-order valence-electron chi connectivity index (χ3n) is 7.72. The van der Waals surface area contributed by atoms with Gasteiger partial charge in [-0.1, -0.05) is 30.3 Å². The van der Waals surface area contributed by atoms with Gasteiger partial charge in [-0.05, 0) is 80.7 Å². The molecule has 0 unspecified atom stereocenters. The van der Waals surface area contributed by atoms with E-state index in [0.717, 1.165) is 43.4 Å². The van der Waals surface area contributed by atoms with Crippen LogP contribution in [0.1, 0.15) is 55.3 Å². The Kier molecular flexibility index (Phi) is 7.37. The van der Waals surface area contributed by atoms with Crippen LogP contribution in [-0.4, -0.2) is 43.8 Å². The van der Waals surface area contributed by atoms with E-state index in [0.29, 0.717) is 12.0 Å². The van der Waals surface area contributed by atoms with Gasteiger partial charge in [0.25, 0.3) is 0 Å². The van der Waals surface area contributed by atoms with Crippen LogP contribution >= 0.6 is 0 Å². The molecule has 0 aliphatic heterocycles. The highest BCUT2D eigenvalue weighted by Crippen LogP contribution is 2.31. The maximum absolute atomic E-state index is 5.66. The van der Waals surface area contributed by atoms with E-state index >= 15 is 0 Å². The molecule has 1 heterocycles. The summed E-state index contributed by atoms with van der Waals surface area (Å²) in [4.78, 5) is 12.0. The largest absolute Gasteiger partial charge is 0.496 e. The number of aryl methyl sites for hydroxylation is 1. The SMILES string of the molecule is COc1ccc2ccccc2c1CNCC1CCC(Nc2nc3c(c(N(C)C)n2)CCCC3)CC1. The average Bonchev–Trinajstić information content (AvgIpc) is 2.89. The van der Waals surface area contributed by atoms with E-state index in [1.165, 1.54) is 66.1 Å². The number of aromatic nitrogens is 2. The minimum Gasteiger partial charge on any atom is -0.496 e. The lowest BCUT2D eigenvalue weighted by atomic mass is 9.86. The second-order valence-corrected chi connectivity index (χ2v) is 10.4. The van der Waals surface area contributed by atoms with Crippen molar-refractivity contribution in [1.82, 2.24) is 15.3 Å². The monoisotopic (exact) mass is 473 g/mol. The average molecular weight is 474 g/mol. The first kappa shape index (κ1) is 23.9. The Morgan fingerprint density at radius 2 is 1.77 bits per heavy atom. The topological polar surface area (TPSA) is 62.3 Å². The Morgan fingerprint density at radius 1 is 0.971 bits per heavy atom. The van der Waals surface area contributed by atoms with E-state index in [-0.39, 0.29) is 0 Å². The van der Waals surface area contributed by atoms with Crippen LogP contribution in [0.15, 0.2) is 36.4 Å². The number of rotatable bonds is 8. The number of nitrogens with one attached hydrogen (secondary N) is 2. The molecule has 1 saturated carbocycles. The predicted molar refractivity (Wildman–Crippen MR) is 145 cm³/mol. The zero-order chi connectivity index (χ0) is 24.2. The summed E-state index contributed by atoms with van der Waals surface area (Å²) in [7, 11) is 5.94. The van der Waals surface area contributed by atoms with E-state index in [4.69, 9.17) is 14.7 Å². The Balaban J connectivity index is 1.15. The molecular weight excluding hydrogens is 434 g/mol. The van der Waals surface area contributed by atoms with Gasteiger partial charge in [0.2, 0.25) is 5.95 Å². The number of fused-ring (bicyclic) bond motifs is 2. The van der Waals surface area contributed by atoms with Crippen molar-refractivity contribution in [1.29, 1.82) is 0 Å². The van der Waals surface area contributed by atoms with Crippen molar-refractivity contribution in [3.63, 3.8) is 0 Å². The van der Waals surface area contributed by atoms with Crippen molar-refractivity contribution < 1.29 is 4.74 Å². The first-order valence-electron chi connectivity index (χ1n) is 13.2. The number of ether oxygens (including phenoxy) is 1. The summed E-state index contributed by atoms with van der Waals surface area (Å²) < 4.78 is 5.66. The molecule has 5 rings (SSSR count). The minimum atomic E-state index is 0.459. The molecule has 1 fully saturated rings. The van der Waals surface area contributed by atoms with Crippen molar-refractivity contribution in [2.75, 3.05) is 38.0 Å². The van der Waals surface area contributed by atoms with Gasteiger partial charge in [0.1, 0.15) is 11.6 Å². The van der Waals surface area contributed by atoms with Crippen molar-refractivity contribution in [3.8, 4) is 5.75 Å². The maximum Gasteiger partial charge on any atom is 0.225 e. The number of hydrogen-bond acceptors (Lipinski definition) is 6. The Morgan fingerprint density at radius 3 is 2.57 bits per heavy atom. The molecule has 1 aromatic heterocycles. The van der Waals surface area contributed by atoms with E-state index < -0.39 is 0 Å². The third-order valence-corrected chi connectivity index (χ3v) is 7.72. The van der Waals surface area contributed by atoms with Gasteiger partial charge in [0.05, 0.1) is 12.8 Å². The summed E-state index contributed by atoms with van der Waals surface area (Å²) in [5, 5.41) is 9.94. The van der Waals surface area contributed by atoms with Crippen molar-refractivity contribution >= 4 is 22.5 Å². The van der Waals surface area contributed by atoms with Crippen LogP contribution in [0, 0.1) is 5.92 Å². The molecular formula is C29H39N5O. The van der Waals surface area contributed by atoms with Crippen LogP contribution in [0.4, 0.5) is 11.8 Å². The fourth-order valence-corrected chi connectivity index (χ4v) is 5.79. The van der Waals surface area contributed by atoms with Crippen LogP contribution in [0.3, 0.4) is 0 Å². The number of methoxy groups -OCH3 is 1. The first-order valence-corrected chi connectivity index (χ1v) is 13.2. The molecule has 186 valence electrons. The summed E-state index contributed by atoms with van der Waals surface area (Å²) in [5.41, 5.74) is 3.85. The summed E-state index contributed by atoms with van der Waals surface area (Å²) in [6, 6.07) is 13.2. The van der Waals surface area contributed by atoms with Gasteiger partial charge >= 0.3 is 0 Å². The number of benzene rings is 2. The second kappa shape index (κ2) is 10.8. The number of hydrogen-bond donors (Lipinski definition) is 2. The molecule has 6 heteroatoms. The van der Waals surface area contributed by atoms with Crippen LogP contribution < -0.4 is 20.3 Å². The highest BCUT2D eigenvalue weighted by Gasteiger charge is 2.24. The number of nitrogens with zero attached hydrogens (tertiary/aromatic N) is 3. The lowest BCUT2D eigenvalue weighted by molar-refractivity contribution is 0.323. The molecule has 0 saturated heterocycles. The maximum atomic E-state index is 5.66. The molecule has 0 amide bonds. The van der Waals surface area contributed by atoms with Crippen LogP contribution in [0.5, 0.6) is 5.75 Å². The van der Waals surface area contributed by atoms with Gasteiger partial charge in [0.15, 0.2) is 0 Å². The van der Waals surface area contributed by atoms with Gasteiger partial charge in [-0.15, -0.1) is 0 Å².